The normalized spacial score (nSPS) is 14.2. The van der Waals surface area contributed by atoms with Gasteiger partial charge in [-0.2, -0.15) is 0 Å². The standard InChI is InChI=1S/C15H13NO2/c17-15(14-6-1-2-9-16-14)11-4-3-5-13(10-11)18-12-7-8-12/h1-6,9-10,12H,7-8H2. The molecule has 0 saturated heterocycles. The third-order valence-corrected chi connectivity index (χ3v) is 2.82. The van der Waals surface area contributed by atoms with Crippen molar-refractivity contribution in [3.8, 4) is 5.75 Å². The van der Waals surface area contributed by atoms with Crippen molar-refractivity contribution in [3.63, 3.8) is 0 Å². The van der Waals surface area contributed by atoms with Gasteiger partial charge in [-0.05, 0) is 37.1 Å². The smallest absolute Gasteiger partial charge is 0.211 e. The molecule has 3 rings (SSSR count). The number of ether oxygens (including phenoxy) is 1. The SMILES string of the molecule is O=C(c1cccc(OC2CC2)c1)c1ccccn1. The van der Waals surface area contributed by atoms with E-state index in [1.165, 1.54) is 0 Å². The summed E-state index contributed by atoms with van der Waals surface area (Å²) in [5.74, 6) is 0.691. The lowest BCUT2D eigenvalue weighted by molar-refractivity contribution is 0.103. The van der Waals surface area contributed by atoms with Crippen LogP contribution in [-0.2, 0) is 0 Å². The second-order valence-electron chi connectivity index (χ2n) is 4.39. The van der Waals surface area contributed by atoms with Gasteiger partial charge in [0.1, 0.15) is 11.4 Å². The molecule has 1 aliphatic rings. The molecule has 3 nitrogen and oxygen atoms in total. The third-order valence-electron chi connectivity index (χ3n) is 2.82. The molecule has 3 heteroatoms. The summed E-state index contributed by atoms with van der Waals surface area (Å²) in [6, 6.07) is 12.6. The number of hydrogen-bond donors (Lipinski definition) is 0. The van der Waals surface area contributed by atoms with Crippen molar-refractivity contribution in [1.82, 2.24) is 4.98 Å². The predicted molar refractivity (Wildman–Crippen MR) is 67.8 cm³/mol. The number of carbonyl (C=O) groups excluding carboxylic acids is 1. The number of ketones is 1. The van der Waals surface area contributed by atoms with Gasteiger partial charge in [-0.3, -0.25) is 9.78 Å². The molecule has 18 heavy (non-hydrogen) atoms. The number of carbonyl (C=O) groups is 1. The highest BCUT2D eigenvalue weighted by molar-refractivity contribution is 6.07. The van der Waals surface area contributed by atoms with Crippen molar-refractivity contribution in [2.45, 2.75) is 18.9 Å². The van der Waals surface area contributed by atoms with Gasteiger partial charge in [-0.15, -0.1) is 0 Å². The second kappa shape index (κ2) is 4.61. The fourth-order valence-electron chi connectivity index (χ4n) is 1.73. The first kappa shape index (κ1) is 11.0. The highest BCUT2D eigenvalue weighted by atomic mass is 16.5. The maximum Gasteiger partial charge on any atom is 0.211 e. The first-order valence-electron chi connectivity index (χ1n) is 6.05. The molecule has 0 unspecified atom stereocenters. The van der Waals surface area contributed by atoms with Gasteiger partial charge in [-0.25, -0.2) is 0 Å². The van der Waals surface area contributed by atoms with Crippen LogP contribution in [-0.4, -0.2) is 16.9 Å². The number of aromatic nitrogens is 1. The maximum atomic E-state index is 12.2. The minimum absolute atomic E-state index is 0.0724. The van der Waals surface area contributed by atoms with Crippen LogP contribution >= 0.6 is 0 Å². The summed E-state index contributed by atoms with van der Waals surface area (Å²) >= 11 is 0. The van der Waals surface area contributed by atoms with Gasteiger partial charge in [-0.1, -0.05) is 18.2 Å². The number of nitrogens with zero attached hydrogens (tertiary/aromatic N) is 1. The first-order valence-corrected chi connectivity index (χ1v) is 6.05. The van der Waals surface area contributed by atoms with Gasteiger partial charge in [0, 0.05) is 11.8 Å². The first-order chi connectivity index (χ1) is 8.83. The van der Waals surface area contributed by atoms with E-state index in [2.05, 4.69) is 4.98 Å². The molecule has 1 aromatic carbocycles. The van der Waals surface area contributed by atoms with Gasteiger partial charge >= 0.3 is 0 Å². The zero-order valence-electron chi connectivity index (χ0n) is 9.87. The Balaban J connectivity index is 1.84. The summed E-state index contributed by atoms with van der Waals surface area (Å²) in [6.07, 6.45) is 4.18. The van der Waals surface area contributed by atoms with Crippen LogP contribution in [0.25, 0.3) is 0 Å². The highest BCUT2D eigenvalue weighted by Gasteiger charge is 2.23. The average Bonchev–Trinajstić information content (AvgIpc) is 3.23. The molecule has 0 aliphatic heterocycles. The minimum atomic E-state index is -0.0724. The lowest BCUT2D eigenvalue weighted by Gasteiger charge is -2.06. The van der Waals surface area contributed by atoms with Crippen molar-refractivity contribution in [2.75, 3.05) is 0 Å². The fraction of sp³-hybridized carbons (Fsp3) is 0.200. The van der Waals surface area contributed by atoms with Crippen molar-refractivity contribution in [3.05, 3.63) is 59.9 Å². The Morgan fingerprint density at radius 1 is 1.17 bits per heavy atom. The molecule has 2 aromatic rings. The molecule has 1 aliphatic carbocycles. The molecular weight excluding hydrogens is 226 g/mol. The van der Waals surface area contributed by atoms with Crippen LogP contribution < -0.4 is 4.74 Å². The molecule has 0 spiro atoms. The Morgan fingerprint density at radius 2 is 2.06 bits per heavy atom. The van der Waals surface area contributed by atoms with Crippen LogP contribution in [0.5, 0.6) is 5.75 Å². The largest absolute Gasteiger partial charge is 0.490 e. The fourth-order valence-corrected chi connectivity index (χ4v) is 1.73. The zero-order chi connectivity index (χ0) is 12.4. The Labute approximate surface area is 105 Å². The summed E-state index contributed by atoms with van der Waals surface area (Å²) < 4.78 is 5.68. The number of benzene rings is 1. The van der Waals surface area contributed by atoms with E-state index in [0.717, 1.165) is 18.6 Å². The van der Waals surface area contributed by atoms with Crippen molar-refractivity contribution in [2.24, 2.45) is 0 Å². The molecule has 1 saturated carbocycles. The topological polar surface area (TPSA) is 39.2 Å². The molecule has 0 bridgehead atoms. The molecule has 1 aromatic heterocycles. The quantitative estimate of drug-likeness (QED) is 0.770. The van der Waals surface area contributed by atoms with Crippen LogP contribution in [0.4, 0.5) is 0 Å². The van der Waals surface area contributed by atoms with Gasteiger partial charge in [0.15, 0.2) is 0 Å². The lowest BCUT2D eigenvalue weighted by Crippen LogP contribution is -2.04. The lowest BCUT2D eigenvalue weighted by atomic mass is 10.1. The van der Waals surface area contributed by atoms with Gasteiger partial charge in [0.2, 0.25) is 5.78 Å². The molecule has 0 amide bonds. The molecular formula is C15H13NO2. The van der Waals surface area contributed by atoms with E-state index in [4.69, 9.17) is 4.74 Å². The summed E-state index contributed by atoms with van der Waals surface area (Å²) in [5.41, 5.74) is 1.08. The van der Waals surface area contributed by atoms with E-state index in [-0.39, 0.29) is 5.78 Å². The van der Waals surface area contributed by atoms with Crippen molar-refractivity contribution < 1.29 is 9.53 Å². The van der Waals surface area contributed by atoms with Gasteiger partial charge in [0.05, 0.1) is 6.10 Å². The number of hydrogen-bond acceptors (Lipinski definition) is 3. The highest BCUT2D eigenvalue weighted by Crippen LogP contribution is 2.27. The Hall–Kier alpha value is -2.16. The van der Waals surface area contributed by atoms with Gasteiger partial charge < -0.3 is 4.74 Å². The summed E-state index contributed by atoms with van der Waals surface area (Å²) in [6.45, 7) is 0. The Kier molecular flexibility index (Phi) is 2.81. The van der Waals surface area contributed by atoms with Crippen molar-refractivity contribution >= 4 is 5.78 Å². The van der Waals surface area contributed by atoms with Crippen LogP contribution in [0.15, 0.2) is 48.7 Å². The summed E-state index contributed by atoms with van der Waals surface area (Å²) in [4.78, 5) is 16.2. The Morgan fingerprint density at radius 3 is 2.78 bits per heavy atom. The maximum absolute atomic E-state index is 12.2. The molecule has 90 valence electrons. The summed E-state index contributed by atoms with van der Waals surface area (Å²) in [5, 5.41) is 0. The van der Waals surface area contributed by atoms with Crippen LogP contribution in [0.1, 0.15) is 28.9 Å². The van der Waals surface area contributed by atoms with Crippen LogP contribution in [0, 0.1) is 0 Å². The van der Waals surface area contributed by atoms with Crippen LogP contribution in [0.3, 0.4) is 0 Å². The minimum Gasteiger partial charge on any atom is -0.490 e. The van der Waals surface area contributed by atoms with E-state index in [0.29, 0.717) is 17.4 Å². The predicted octanol–water partition coefficient (Wildman–Crippen LogP) is 2.85. The van der Waals surface area contributed by atoms with E-state index in [1.807, 2.05) is 18.2 Å². The average molecular weight is 239 g/mol. The Bertz CT molecular complexity index is 562. The summed E-state index contributed by atoms with van der Waals surface area (Å²) in [7, 11) is 0. The molecule has 0 N–H and O–H groups in total. The number of pyridine rings is 1. The second-order valence-corrected chi connectivity index (χ2v) is 4.39. The van der Waals surface area contributed by atoms with E-state index in [9.17, 15) is 4.79 Å². The number of rotatable bonds is 4. The van der Waals surface area contributed by atoms with E-state index < -0.39 is 0 Å². The third kappa shape index (κ3) is 2.40. The van der Waals surface area contributed by atoms with E-state index >= 15 is 0 Å². The molecule has 1 fully saturated rings. The van der Waals surface area contributed by atoms with Crippen molar-refractivity contribution in [1.29, 1.82) is 0 Å². The molecule has 0 atom stereocenters. The van der Waals surface area contributed by atoms with E-state index in [1.54, 1.807) is 30.5 Å². The zero-order valence-corrected chi connectivity index (χ0v) is 9.87. The van der Waals surface area contributed by atoms with Crippen LogP contribution in [0.2, 0.25) is 0 Å². The van der Waals surface area contributed by atoms with Gasteiger partial charge in [0.25, 0.3) is 0 Å². The molecule has 0 radical (unpaired) electrons. The molecule has 1 heterocycles. The monoisotopic (exact) mass is 239 g/mol.